The Bertz CT molecular complexity index is 852. The van der Waals surface area contributed by atoms with Crippen LogP contribution < -0.4 is 5.32 Å². The van der Waals surface area contributed by atoms with Crippen LogP contribution in [0.15, 0.2) is 0 Å². The molecule has 0 spiro atoms. The molecule has 0 aromatic heterocycles. The summed E-state index contributed by atoms with van der Waals surface area (Å²) in [5.41, 5.74) is -0.652. The molecule has 0 aromatic rings. The first-order valence-electron chi connectivity index (χ1n) is 13.1. The lowest BCUT2D eigenvalue weighted by Gasteiger charge is -2.58. The summed E-state index contributed by atoms with van der Waals surface area (Å²) in [6, 6.07) is -0.648. The molecule has 190 valence electrons. The fraction of sp³-hybridized carbons (Fsp3) is 0.852. The third-order valence-corrected chi connectivity index (χ3v) is 10.5. The molecule has 0 aliphatic heterocycles. The summed E-state index contributed by atoms with van der Waals surface area (Å²) in [4.78, 5) is 51.6. The standard InChI is InChI=1S/C27H41NO6/c1-15(4-7-24(34)28-17(13-29)14-30)19-5-6-20-25-21(12-23(33)27(19,20)3)26(2)9-8-18(31)10-16(26)11-22(25)32/h15-17,19-21,25,29-30H,4-14H2,1-3H3,(H,28,34). The molecule has 0 aromatic carbocycles. The number of fused-ring (bicyclic) bond motifs is 5. The molecule has 4 fully saturated rings. The fourth-order valence-corrected chi connectivity index (χ4v) is 8.40. The Morgan fingerprint density at radius 3 is 2.44 bits per heavy atom. The van der Waals surface area contributed by atoms with Crippen molar-refractivity contribution in [3.05, 3.63) is 0 Å². The minimum absolute atomic E-state index is 0.0474. The Labute approximate surface area is 202 Å². The van der Waals surface area contributed by atoms with Crippen LogP contribution >= 0.6 is 0 Å². The van der Waals surface area contributed by atoms with Gasteiger partial charge in [0, 0.05) is 43.4 Å². The number of hydrogen-bond donors (Lipinski definition) is 3. The molecule has 4 aliphatic carbocycles. The van der Waals surface area contributed by atoms with Gasteiger partial charge in [0.2, 0.25) is 5.91 Å². The lowest BCUT2D eigenvalue weighted by Crippen LogP contribution is -2.60. The molecule has 1 amide bonds. The molecule has 3 N–H and O–H groups in total. The third-order valence-electron chi connectivity index (χ3n) is 10.5. The van der Waals surface area contributed by atoms with E-state index in [2.05, 4.69) is 26.1 Å². The van der Waals surface area contributed by atoms with Crippen molar-refractivity contribution in [2.24, 2.45) is 46.3 Å². The number of nitrogens with one attached hydrogen (secondary N) is 1. The number of carbonyl (C=O) groups excluding carboxylic acids is 4. The topological polar surface area (TPSA) is 121 Å². The van der Waals surface area contributed by atoms with Crippen LogP contribution in [0.2, 0.25) is 0 Å². The zero-order chi connectivity index (χ0) is 24.8. The predicted molar refractivity (Wildman–Crippen MR) is 126 cm³/mol. The molecule has 4 saturated carbocycles. The summed E-state index contributed by atoms with van der Waals surface area (Å²) in [7, 11) is 0. The maximum Gasteiger partial charge on any atom is 0.220 e. The van der Waals surface area contributed by atoms with Crippen LogP contribution in [0.1, 0.15) is 78.6 Å². The van der Waals surface area contributed by atoms with Crippen molar-refractivity contribution in [2.45, 2.75) is 84.6 Å². The second-order valence-electron chi connectivity index (χ2n) is 12.1. The summed E-state index contributed by atoms with van der Waals surface area (Å²) >= 11 is 0. The van der Waals surface area contributed by atoms with Crippen molar-refractivity contribution >= 4 is 23.3 Å². The van der Waals surface area contributed by atoms with E-state index in [0.29, 0.717) is 32.1 Å². The summed E-state index contributed by atoms with van der Waals surface area (Å²) in [5, 5.41) is 21.0. The van der Waals surface area contributed by atoms with Crippen LogP contribution in [0.5, 0.6) is 0 Å². The SMILES string of the molecule is CC(CCC(=O)NC(CO)CO)C1CCC2C3C(=O)CC4CC(=O)CCC4(C)C3CC(=O)C12C. The molecule has 34 heavy (non-hydrogen) atoms. The summed E-state index contributed by atoms with van der Waals surface area (Å²) in [5.74, 6) is 0.952. The first-order chi connectivity index (χ1) is 16.1. The highest BCUT2D eigenvalue weighted by atomic mass is 16.3. The number of rotatable bonds is 7. The van der Waals surface area contributed by atoms with Crippen molar-refractivity contribution < 1.29 is 29.4 Å². The van der Waals surface area contributed by atoms with Gasteiger partial charge in [-0.05, 0) is 60.7 Å². The smallest absolute Gasteiger partial charge is 0.220 e. The number of aliphatic hydroxyl groups excluding tert-OH is 2. The molecular formula is C27H41NO6. The summed E-state index contributed by atoms with van der Waals surface area (Å²) < 4.78 is 0. The van der Waals surface area contributed by atoms with E-state index >= 15 is 0 Å². The highest BCUT2D eigenvalue weighted by Crippen LogP contribution is 2.66. The zero-order valence-electron chi connectivity index (χ0n) is 20.8. The van der Waals surface area contributed by atoms with E-state index in [1.165, 1.54) is 0 Å². The normalized spacial score (nSPS) is 40.5. The number of carbonyl (C=O) groups is 4. The van der Waals surface area contributed by atoms with E-state index in [0.717, 1.165) is 19.3 Å². The maximum atomic E-state index is 13.8. The predicted octanol–water partition coefficient (Wildman–Crippen LogP) is 2.46. The van der Waals surface area contributed by atoms with Gasteiger partial charge in [-0.3, -0.25) is 19.2 Å². The van der Waals surface area contributed by atoms with Crippen molar-refractivity contribution in [3.8, 4) is 0 Å². The van der Waals surface area contributed by atoms with E-state index < -0.39 is 11.5 Å². The lowest BCUT2D eigenvalue weighted by atomic mass is 9.44. The Morgan fingerprint density at radius 2 is 1.76 bits per heavy atom. The fourth-order valence-electron chi connectivity index (χ4n) is 8.40. The Balaban J connectivity index is 1.49. The minimum atomic E-state index is -0.648. The van der Waals surface area contributed by atoms with Crippen LogP contribution in [0.3, 0.4) is 0 Å². The second kappa shape index (κ2) is 9.45. The monoisotopic (exact) mass is 475 g/mol. The Kier molecular flexibility index (Phi) is 7.09. The largest absolute Gasteiger partial charge is 0.394 e. The van der Waals surface area contributed by atoms with Gasteiger partial charge >= 0.3 is 0 Å². The van der Waals surface area contributed by atoms with Crippen molar-refractivity contribution in [1.29, 1.82) is 0 Å². The molecule has 8 unspecified atom stereocenters. The van der Waals surface area contributed by atoms with Gasteiger partial charge < -0.3 is 15.5 Å². The molecule has 4 rings (SSSR count). The number of aliphatic hydroxyl groups is 2. The number of hydrogen-bond acceptors (Lipinski definition) is 6. The van der Waals surface area contributed by atoms with Gasteiger partial charge in [0.1, 0.15) is 17.3 Å². The van der Waals surface area contributed by atoms with Gasteiger partial charge in [-0.25, -0.2) is 0 Å². The molecule has 7 heteroatoms. The highest BCUT2D eigenvalue weighted by Gasteiger charge is 2.66. The van der Waals surface area contributed by atoms with Crippen LogP contribution in [-0.2, 0) is 19.2 Å². The average molecular weight is 476 g/mol. The first-order valence-corrected chi connectivity index (χ1v) is 13.1. The molecule has 8 atom stereocenters. The third kappa shape index (κ3) is 4.06. The van der Waals surface area contributed by atoms with E-state index in [9.17, 15) is 29.4 Å². The van der Waals surface area contributed by atoms with Crippen LogP contribution in [0, 0.1) is 46.3 Å². The zero-order valence-corrected chi connectivity index (χ0v) is 20.8. The minimum Gasteiger partial charge on any atom is -0.394 e. The van der Waals surface area contributed by atoms with Gasteiger partial charge in [-0.2, -0.15) is 0 Å². The second-order valence-corrected chi connectivity index (χ2v) is 12.1. The van der Waals surface area contributed by atoms with E-state index in [4.69, 9.17) is 0 Å². The van der Waals surface area contributed by atoms with Gasteiger partial charge in [-0.1, -0.05) is 20.8 Å². The van der Waals surface area contributed by atoms with Gasteiger partial charge in [-0.15, -0.1) is 0 Å². The first kappa shape index (κ1) is 25.5. The van der Waals surface area contributed by atoms with Gasteiger partial charge in [0.25, 0.3) is 0 Å². The van der Waals surface area contributed by atoms with Crippen molar-refractivity contribution in [1.82, 2.24) is 5.32 Å². The molecule has 7 nitrogen and oxygen atoms in total. The molecule has 4 aliphatic rings. The summed E-state index contributed by atoms with van der Waals surface area (Å²) in [6.45, 7) is 5.79. The maximum absolute atomic E-state index is 13.8. The Hall–Kier alpha value is -1.60. The quantitative estimate of drug-likeness (QED) is 0.520. The van der Waals surface area contributed by atoms with E-state index in [-0.39, 0.29) is 83.8 Å². The van der Waals surface area contributed by atoms with Gasteiger partial charge in [0.15, 0.2) is 0 Å². The lowest BCUT2D eigenvalue weighted by molar-refractivity contribution is -0.166. The number of amides is 1. The van der Waals surface area contributed by atoms with Crippen molar-refractivity contribution in [3.63, 3.8) is 0 Å². The number of ketones is 3. The van der Waals surface area contributed by atoms with E-state index in [1.807, 2.05) is 0 Å². The molecule has 0 saturated heterocycles. The van der Waals surface area contributed by atoms with Crippen LogP contribution in [0.25, 0.3) is 0 Å². The summed E-state index contributed by atoms with van der Waals surface area (Å²) in [6.07, 6.45) is 5.41. The van der Waals surface area contributed by atoms with E-state index in [1.54, 1.807) is 0 Å². The van der Waals surface area contributed by atoms with Crippen LogP contribution in [0.4, 0.5) is 0 Å². The van der Waals surface area contributed by atoms with Crippen LogP contribution in [-0.4, -0.2) is 52.7 Å². The number of Topliss-reactive ketones (excluding diaryl/α,β-unsaturated/α-hetero) is 3. The molecule has 0 bridgehead atoms. The average Bonchev–Trinajstić information content (AvgIpc) is 3.16. The van der Waals surface area contributed by atoms with Gasteiger partial charge in [0.05, 0.1) is 19.3 Å². The Morgan fingerprint density at radius 1 is 1.06 bits per heavy atom. The molecule has 0 radical (unpaired) electrons. The van der Waals surface area contributed by atoms with Crippen molar-refractivity contribution in [2.75, 3.05) is 13.2 Å². The molecule has 0 heterocycles. The highest BCUT2D eigenvalue weighted by molar-refractivity contribution is 5.93. The molecular weight excluding hydrogens is 434 g/mol.